The van der Waals surface area contributed by atoms with E-state index in [-0.39, 0.29) is 70.8 Å². The Bertz CT molecular complexity index is 2830. The molecule has 0 aliphatic carbocycles. The van der Waals surface area contributed by atoms with Crippen molar-refractivity contribution in [1.29, 1.82) is 0 Å². The van der Waals surface area contributed by atoms with Gasteiger partial charge in [0.05, 0.1) is 23.1 Å². The molecule has 29 heteroatoms. The van der Waals surface area contributed by atoms with E-state index in [2.05, 4.69) is 40.4 Å². The summed E-state index contributed by atoms with van der Waals surface area (Å²) in [6.07, 6.45) is 12.5. The third kappa shape index (κ3) is 33.0. The van der Waals surface area contributed by atoms with E-state index >= 15 is 0 Å². The van der Waals surface area contributed by atoms with Crippen LogP contribution >= 0.6 is 0 Å². The van der Waals surface area contributed by atoms with Crippen LogP contribution in [0.15, 0.2) is 54.6 Å². The van der Waals surface area contributed by atoms with Gasteiger partial charge in [-0.1, -0.05) is 157 Å². The third-order valence-electron chi connectivity index (χ3n) is 15.9. The van der Waals surface area contributed by atoms with Gasteiger partial charge in [0, 0.05) is 112 Å². The molecule has 98 heavy (non-hydrogen) atoms. The number of nitrogens with zero attached hydrogens (tertiary/aromatic N) is 5. The van der Waals surface area contributed by atoms with E-state index in [9.17, 15) is 80.1 Å². The Morgan fingerprint density at radius 1 is 0.449 bits per heavy atom. The molecule has 0 saturated carbocycles. The van der Waals surface area contributed by atoms with Crippen LogP contribution in [0.5, 0.6) is 11.5 Å². The van der Waals surface area contributed by atoms with Crippen molar-refractivity contribution in [2.45, 2.75) is 195 Å². The number of carbonyl (C=O) groups is 7. The molecule has 3 aromatic carbocycles. The predicted octanol–water partition coefficient (Wildman–Crippen LogP) is 12.8. The van der Waals surface area contributed by atoms with Gasteiger partial charge in [0.2, 0.25) is 35.4 Å². The quantitative estimate of drug-likeness (QED) is 0.0152. The van der Waals surface area contributed by atoms with E-state index in [1.807, 2.05) is 0 Å². The van der Waals surface area contributed by atoms with Gasteiger partial charge in [0.1, 0.15) is 35.7 Å². The van der Waals surface area contributed by atoms with Crippen LogP contribution in [0.4, 0.5) is 49.1 Å². The average Bonchev–Trinajstić information content (AvgIpc) is 0.804. The zero-order valence-corrected chi connectivity index (χ0v) is 57.7. The van der Waals surface area contributed by atoms with Crippen molar-refractivity contribution in [2.75, 3.05) is 88.5 Å². The Morgan fingerprint density at radius 3 is 1.11 bits per heavy atom. The van der Waals surface area contributed by atoms with Crippen LogP contribution in [0.1, 0.15) is 204 Å². The average molecular weight is 1390 g/mol. The molecule has 0 aliphatic rings. The molecular weight excluding hydrogens is 1290 g/mol. The lowest BCUT2D eigenvalue weighted by atomic mass is 10.1. The summed E-state index contributed by atoms with van der Waals surface area (Å²) in [7, 11) is 0. The zero-order chi connectivity index (χ0) is 72.6. The number of rotatable bonds is 50. The van der Waals surface area contributed by atoms with Gasteiger partial charge < -0.3 is 50.8 Å². The van der Waals surface area contributed by atoms with Crippen molar-refractivity contribution in [1.82, 2.24) is 31.5 Å². The maximum atomic E-state index is 13.9. The van der Waals surface area contributed by atoms with Crippen LogP contribution in [0.3, 0.4) is 0 Å². The van der Waals surface area contributed by atoms with Gasteiger partial charge in [0.15, 0.2) is 0 Å². The topological polar surface area (TPSA) is 294 Å². The van der Waals surface area contributed by atoms with E-state index < -0.39 is 122 Å². The van der Waals surface area contributed by atoms with Crippen LogP contribution < -0.4 is 45.9 Å². The molecule has 0 radical (unpaired) electrons. The summed E-state index contributed by atoms with van der Waals surface area (Å²) in [6, 6.07) is 8.99. The minimum absolute atomic E-state index is 0.0417. The van der Waals surface area contributed by atoms with Crippen LogP contribution in [-0.4, -0.2) is 135 Å². The summed E-state index contributed by atoms with van der Waals surface area (Å²) in [6.45, 7) is 9.21. The number of anilines is 2. The summed E-state index contributed by atoms with van der Waals surface area (Å²) in [4.78, 5) is 117. The van der Waals surface area contributed by atoms with Gasteiger partial charge in [-0.2, -0.15) is 26.3 Å². The van der Waals surface area contributed by atoms with Gasteiger partial charge in [-0.25, -0.2) is 0 Å². The highest BCUT2D eigenvalue weighted by atomic mass is 19.4. The lowest BCUT2D eigenvalue weighted by Gasteiger charge is -2.25. The molecule has 0 fully saturated rings. The molecule has 0 atom stereocenters. The third-order valence-corrected chi connectivity index (χ3v) is 15.9. The molecule has 548 valence electrons. The molecular formula is C69H102F6N10O13. The predicted molar refractivity (Wildman–Crippen MR) is 362 cm³/mol. The minimum atomic E-state index is -5.16. The molecule has 3 aromatic rings. The number of nitrogens with one attached hydrogen (secondary N) is 5. The van der Waals surface area contributed by atoms with E-state index in [0.717, 1.165) is 73.3 Å². The molecule has 0 aromatic heterocycles. The van der Waals surface area contributed by atoms with E-state index in [0.29, 0.717) is 49.0 Å². The standard InChI is InChI=1S/C69H102F6N10O13/c1-7-9-11-13-15-17-19-21-23-25-41-97-55-43-52(44-56(47-55)98-42-26-24-22-20-18-16-14-12-10-8-2)65(90)80-37-40-81(38-31-61(86)76-33-35-78-63(88)48-82(66(91)50(3)4)53-27-29-59(84(93)94)57(45-53)68(70,71)72)39-32-62(87)77-34-36-79-64(89)49-83(67(92)51(5)6)54-28-30-60(85(95)96)58(46-54)69(73,74)75/h27-30,43-47,50-51H,7-26,31-42,48-49H2,1-6H3,(H,76,86)(H,77,87)(H,78,88)(H,79,89)(H,80,90). The maximum absolute atomic E-state index is 13.9. The first-order chi connectivity index (χ1) is 46.6. The van der Waals surface area contributed by atoms with Gasteiger partial charge >= 0.3 is 12.4 Å². The molecule has 23 nitrogen and oxygen atoms in total. The van der Waals surface area contributed by atoms with Crippen LogP contribution in [0.2, 0.25) is 0 Å². The monoisotopic (exact) mass is 1390 g/mol. The smallest absolute Gasteiger partial charge is 0.423 e. The zero-order valence-electron chi connectivity index (χ0n) is 57.7. The second kappa shape index (κ2) is 45.5. The summed E-state index contributed by atoms with van der Waals surface area (Å²) in [5.74, 6) is -5.21. The highest BCUT2D eigenvalue weighted by Crippen LogP contribution is 2.40. The van der Waals surface area contributed by atoms with Crippen LogP contribution in [0.25, 0.3) is 0 Å². The number of nitro groups is 2. The number of nitro benzene ring substituents is 2. The fourth-order valence-corrected chi connectivity index (χ4v) is 10.5. The van der Waals surface area contributed by atoms with Gasteiger partial charge in [-0.05, 0) is 49.2 Å². The molecule has 0 heterocycles. The van der Waals surface area contributed by atoms with E-state index in [1.54, 1.807) is 23.1 Å². The van der Waals surface area contributed by atoms with Gasteiger partial charge in [0.25, 0.3) is 17.3 Å². The van der Waals surface area contributed by atoms with Crippen LogP contribution in [0, 0.1) is 32.1 Å². The first-order valence-electron chi connectivity index (χ1n) is 34.4. The van der Waals surface area contributed by atoms with Crippen LogP contribution in [-0.2, 0) is 41.1 Å². The second-order valence-corrected chi connectivity index (χ2v) is 24.8. The molecule has 5 N–H and O–H groups in total. The number of alkyl halides is 6. The number of hydrogen-bond donors (Lipinski definition) is 5. The van der Waals surface area contributed by atoms with Crippen molar-refractivity contribution < 1.29 is 79.2 Å². The molecule has 0 aliphatic heterocycles. The van der Waals surface area contributed by atoms with Crippen molar-refractivity contribution in [3.05, 3.63) is 91.5 Å². The first kappa shape index (κ1) is 84.1. The highest BCUT2D eigenvalue weighted by molar-refractivity contribution is 6.01. The molecule has 0 spiro atoms. The fraction of sp³-hybridized carbons (Fsp3) is 0.638. The molecule has 7 amide bonds. The Balaban J connectivity index is 1.72. The number of carbonyl (C=O) groups excluding carboxylic acids is 7. The second-order valence-electron chi connectivity index (χ2n) is 24.8. The Kier molecular flexibility index (Phi) is 39.0. The van der Waals surface area contributed by atoms with Crippen molar-refractivity contribution >= 4 is 64.1 Å². The summed E-state index contributed by atoms with van der Waals surface area (Å²) >= 11 is 0. The number of unbranched alkanes of at least 4 members (excludes halogenated alkanes) is 18. The summed E-state index contributed by atoms with van der Waals surface area (Å²) < 4.78 is 95.5. The lowest BCUT2D eigenvalue weighted by molar-refractivity contribution is -0.388. The largest absolute Gasteiger partial charge is 0.493 e. The Morgan fingerprint density at radius 2 is 0.786 bits per heavy atom. The Hall–Kier alpha value is -8.11. The van der Waals surface area contributed by atoms with Gasteiger partial charge in [-0.15, -0.1) is 0 Å². The molecule has 0 bridgehead atoms. The van der Waals surface area contributed by atoms with E-state index in [4.69, 9.17) is 9.47 Å². The van der Waals surface area contributed by atoms with Crippen molar-refractivity contribution in [3.63, 3.8) is 0 Å². The summed E-state index contributed by atoms with van der Waals surface area (Å²) in [5, 5.41) is 36.0. The maximum Gasteiger partial charge on any atom is 0.423 e. The van der Waals surface area contributed by atoms with Crippen molar-refractivity contribution in [3.8, 4) is 11.5 Å². The lowest BCUT2D eigenvalue weighted by Crippen LogP contribution is -2.45. The number of halogens is 6. The fourth-order valence-electron chi connectivity index (χ4n) is 10.5. The van der Waals surface area contributed by atoms with Crippen molar-refractivity contribution in [2.24, 2.45) is 11.8 Å². The number of ether oxygens (including phenoxy) is 2. The van der Waals surface area contributed by atoms with Gasteiger partial charge in [-0.3, -0.25) is 53.8 Å². The van der Waals surface area contributed by atoms with E-state index in [1.165, 1.54) is 105 Å². The normalized spacial score (nSPS) is 11.5. The SMILES string of the molecule is CCCCCCCCCCCCOc1cc(OCCCCCCCCCCCC)cc(C(=O)NCCN(CCC(=O)NCCNC(=O)CN(C(=O)C(C)C)c2ccc([N+](=O)[O-])c(C(F)(F)F)c2)CCC(=O)NCCNC(=O)CN(C(=O)C(C)C)c2ccc([N+](=O)[O-])c(C(F)(F)F)c2)c1. The molecule has 0 saturated heterocycles. The number of benzene rings is 3. The number of amides is 7. The molecule has 0 unspecified atom stereocenters. The first-order valence-corrected chi connectivity index (χ1v) is 34.4. The Labute approximate surface area is 571 Å². The summed E-state index contributed by atoms with van der Waals surface area (Å²) in [5.41, 5.74) is -6.22. The minimum Gasteiger partial charge on any atom is -0.493 e. The number of hydrogen-bond acceptors (Lipinski definition) is 14. The molecule has 3 rings (SSSR count). The highest BCUT2D eigenvalue weighted by Gasteiger charge is 2.41.